The zero-order valence-electron chi connectivity index (χ0n) is 10.8. The lowest BCUT2D eigenvalue weighted by Gasteiger charge is -2.07. The molecule has 0 saturated carbocycles. The SMILES string of the molecule is CCOC(=O)C(F)C(=O)CCOCc1ccccc1. The van der Waals surface area contributed by atoms with Gasteiger partial charge in [-0.15, -0.1) is 0 Å². The summed E-state index contributed by atoms with van der Waals surface area (Å²) in [4.78, 5) is 22.3. The number of alkyl halides is 1. The molecule has 0 heterocycles. The average Bonchev–Trinajstić information content (AvgIpc) is 2.44. The Bertz CT molecular complexity index is 405. The highest BCUT2D eigenvalue weighted by molar-refractivity contribution is 6.01. The molecule has 0 amide bonds. The summed E-state index contributed by atoms with van der Waals surface area (Å²) in [7, 11) is 0. The molecular formula is C14H17FO4. The number of esters is 1. The van der Waals surface area contributed by atoms with E-state index in [9.17, 15) is 14.0 Å². The number of halogens is 1. The third-order valence-electron chi connectivity index (χ3n) is 2.38. The molecule has 0 aliphatic rings. The van der Waals surface area contributed by atoms with E-state index >= 15 is 0 Å². The van der Waals surface area contributed by atoms with Crippen LogP contribution in [0.1, 0.15) is 18.9 Å². The minimum absolute atomic E-state index is 0.0526. The molecule has 0 radical (unpaired) electrons. The summed E-state index contributed by atoms with van der Waals surface area (Å²) in [6.45, 7) is 2.03. The Labute approximate surface area is 111 Å². The fraction of sp³-hybridized carbons (Fsp3) is 0.429. The van der Waals surface area contributed by atoms with Gasteiger partial charge < -0.3 is 9.47 Å². The van der Waals surface area contributed by atoms with Crippen LogP contribution in [-0.4, -0.2) is 31.1 Å². The van der Waals surface area contributed by atoms with E-state index in [2.05, 4.69) is 4.74 Å². The predicted octanol–water partition coefficient (Wildman–Crippen LogP) is 2.06. The molecule has 0 N–H and O–H groups in total. The number of carbonyl (C=O) groups excluding carboxylic acids is 2. The number of Topliss-reactive ketones (excluding diaryl/α,β-unsaturated/α-hetero) is 1. The van der Waals surface area contributed by atoms with Crippen molar-refractivity contribution in [3.63, 3.8) is 0 Å². The van der Waals surface area contributed by atoms with Crippen molar-refractivity contribution in [2.75, 3.05) is 13.2 Å². The van der Waals surface area contributed by atoms with Crippen molar-refractivity contribution in [1.29, 1.82) is 0 Å². The molecule has 1 aromatic rings. The van der Waals surface area contributed by atoms with Crippen molar-refractivity contribution in [2.45, 2.75) is 26.1 Å². The Morgan fingerprint density at radius 1 is 1.26 bits per heavy atom. The quantitative estimate of drug-likeness (QED) is 0.411. The van der Waals surface area contributed by atoms with Crippen molar-refractivity contribution in [1.82, 2.24) is 0 Å². The molecule has 0 spiro atoms. The molecule has 1 unspecified atom stereocenters. The van der Waals surface area contributed by atoms with Gasteiger partial charge in [0.2, 0.25) is 0 Å². The summed E-state index contributed by atoms with van der Waals surface area (Å²) < 4.78 is 22.9. The normalized spacial score (nSPS) is 11.9. The second-order valence-electron chi connectivity index (χ2n) is 3.87. The Hall–Kier alpha value is -1.75. The van der Waals surface area contributed by atoms with Crippen LogP contribution < -0.4 is 0 Å². The Balaban J connectivity index is 2.22. The van der Waals surface area contributed by atoms with Crippen molar-refractivity contribution in [3.05, 3.63) is 35.9 Å². The standard InChI is InChI=1S/C14H17FO4/c1-2-19-14(17)13(15)12(16)8-9-18-10-11-6-4-3-5-7-11/h3-7,13H,2,8-10H2,1H3. The van der Waals surface area contributed by atoms with Gasteiger partial charge in [0.05, 0.1) is 19.8 Å². The van der Waals surface area contributed by atoms with Crippen LogP contribution in [0.4, 0.5) is 4.39 Å². The summed E-state index contributed by atoms with van der Waals surface area (Å²) in [5.74, 6) is -1.94. The van der Waals surface area contributed by atoms with Crippen LogP contribution >= 0.6 is 0 Å². The van der Waals surface area contributed by atoms with Crippen molar-refractivity contribution < 1.29 is 23.5 Å². The van der Waals surface area contributed by atoms with Gasteiger partial charge in [-0.1, -0.05) is 30.3 Å². The smallest absolute Gasteiger partial charge is 0.348 e. The number of hydrogen-bond acceptors (Lipinski definition) is 4. The fourth-order valence-electron chi connectivity index (χ4n) is 1.41. The van der Waals surface area contributed by atoms with E-state index in [1.165, 1.54) is 0 Å². The molecule has 4 nitrogen and oxygen atoms in total. The molecule has 1 rings (SSSR count). The van der Waals surface area contributed by atoms with Crippen LogP contribution in [-0.2, 0) is 25.7 Å². The van der Waals surface area contributed by atoms with E-state index < -0.39 is 17.9 Å². The first-order valence-corrected chi connectivity index (χ1v) is 6.10. The minimum atomic E-state index is -2.21. The highest BCUT2D eigenvalue weighted by Crippen LogP contribution is 2.04. The summed E-state index contributed by atoms with van der Waals surface area (Å²) in [6.07, 6.45) is -2.35. The molecule has 104 valence electrons. The molecule has 1 atom stereocenters. The van der Waals surface area contributed by atoms with Crippen molar-refractivity contribution in [3.8, 4) is 0 Å². The molecule has 0 saturated heterocycles. The highest BCUT2D eigenvalue weighted by Gasteiger charge is 2.26. The van der Waals surface area contributed by atoms with Gasteiger partial charge >= 0.3 is 5.97 Å². The summed E-state index contributed by atoms with van der Waals surface area (Å²) >= 11 is 0. The van der Waals surface area contributed by atoms with Crippen LogP contribution in [0.5, 0.6) is 0 Å². The van der Waals surface area contributed by atoms with Gasteiger partial charge in [-0.2, -0.15) is 0 Å². The number of benzene rings is 1. The number of hydrogen-bond donors (Lipinski definition) is 0. The largest absolute Gasteiger partial charge is 0.463 e. The van der Waals surface area contributed by atoms with E-state index in [1.807, 2.05) is 30.3 Å². The Morgan fingerprint density at radius 3 is 2.58 bits per heavy atom. The molecular weight excluding hydrogens is 251 g/mol. The van der Waals surface area contributed by atoms with Crippen LogP contribution in [0, 0.1) is 0 Å². The van der Waals surface area contributed by atoms with Gasteiger partial charge in [-0.05, 0) is 12.5 Å². The third kappa shape index (κ3) is 5.61. The van der Waals surface area contributed by atoms with E-state index in [-0.39, 0.29) is 19.6 Å². The summed E-state index contributed by atoms with van der Waals surface area (Å²) in [5.41, 5.74) is 0.970. The van der Waals surface area contributed by atoms with Crippen LogP contribution in [0.2, 0.25) is 0 Å². The molecule has 1 aromatic carbocycles. The van der Waals surface area contributed by atoms with Crippen molar-refractivity contribution >= 4 is 11.8 Å². The lowest BCUT2D eigenvalue weighted by Crippen LogP contribution is -2.28. The predicted molar refractivity (Wildman–Crippen MR) is 67.3 cm³/mol. The van der Waals surface area contributed by atoms with Crippen LogP contribution in [0.3, 0.4) is 0 Å². The zero-order chi connectivity index (χ0) is 14.1. The first kappa shape index (κ1) is 15.3. The zero-order valence-corrected chi connectivity index (χ0v) is 10.8. The molecule has 0 aliphatic carbocycles. The van der Waals surface area contributed by atoms with Crippen LogP contribution in [0.25, 0.3) is 0 Å². The van der Waals surface area contributed by atoms with Crippen molar-refractivity contribution in [2.24, 2.45) is 0 Å². The number of ketones is 1. The molecule has 5 heteroatoms. The van der Waals surface area contributed by atoms with E-state index in [0.29, 0.717) is 6.61 Å². The van der Waals surface area contributed by atoms with Gasteiger partial charge in [0.25, 0.3) is 6.17 Å². The molecule has 0 aliphatic heterocycles. The molecule has 0 aromatic heterocycles. The second-order valence-corrected chi connectivity index (χ2v) is 3.87. The van der Waals surface area contributed by atoms with E-state index in [0.717, 1.165) is 5.56 Å². The monoisotopic (exact) mass is 268 g/mol. The summed E-state index contributed by atoms with van der Waals surface area (Å²) in [5, 5.41) is 0. The topological polar surface area (TPSA) is 52.6 Å². The lowest BCUT2D eigenvalue weighted by molar-refractivity contribution is -0.153. The lowest BCUT2D eigenvalue weighted by atomic mass is 10.2. The van der Waals surface area contributed by atoms with E-state index in [1.54, 1.807) is 6.92 Å². The van der Waals surface area contributed by atoms with Gasteiger partial charge in [0.15, 0.2) is 5.78 Å². The van der Waals surface area contributed by atoms with Gasteiger partial charge in [0.1, 0.15) is 0 Å². The number of ether oxygens (including phenoxy) is 2. The summed E-state index contributed by atoms with van der Waals surface area (Å²) in [6, 6.07) is 9.42. The highest BCUT2D eigenvalue weighted by atomic mass is 19.1. The van der Waals surface area contributed by atoms with E-state index in [4.69, 9.17) is 4.74 Å². The molecule has 0 bridgehead atoms. The number of carbonyl (C=O) groups is 2. The maximum Gasteiger partial charge on any atom is 0.348 e. The fourth-order valence-corrected chi connectivity index (χ4v) is 1.41. The van der Waals surface area contributed by atoms with Gasteiger partial charge in [-0.25, -0.2) is 9.18 Å². The Morgan fingerprint density at radius 2 is 1.95 bits per heavy atom. The molecule has 0 fully saturated rings. The third-order valence-corrected chi connectivity index (χ3v) is 2.38. The first-order valence-electron chi connectivity index (χ1n) is 6.10. The maximum atomic E-state index is 13.2. The number of rotatable bonds is 8. The first-order chi connectivity index (χ1) is 9.15. The maximum absolute atomic E-state index is 13.2. The van der Waals surface area contributed by atoms with Crippen LogP contribution in [0.15, 0.2) is 30.3 Å². The minimum Gasteiger partial charge on any atom is -0.463 e. The van der Waals surface area contributed by atoms with Gasteiger partial charge in [0, 0.05) is 6.42 Å². The Kier molecular flexibility index (Phi) is 6.74. The van der Waals surface area contributed by atoms with Gasteiger partial charge in [-0.3, -0.25) is 4.79 Å². The second kappa shape index (κ2) is 8.37. The molecule has 19 heavy (non-hydrogen) atoms. The average molecular weight is 268 g/mol.